The average molecular weight is 281 g/mol. The Bertz CT molecular complexity index is 333. The zero-order valence-corrected chi connectivity index (χ0v) is 9.72. The van der Waals surface area contributed by atoms with Gasteiger partial charge in [0.15, 0.2) is 0 Å². The molecular formula is C9H11BrClNO2. The first-order valence-electron chi connectivity index (χ1n) is 4.10. The topological polar surface area (TPSA) is 66.5 Å². The van der Waals surface area contributed by atoms with E-state index >= 15 is 0 Å². The van der Waals surface area contributed by atoms with Gasteiger partial charge in [0.25, 0.3) is 0 Å². The minimum Gasteiger partial charge on any atom is -0.506 e. The van der Waals surface area contributed by atoms with E-state index in [2.05, 4.69) is 15.9 Å². The highest BCUT2D eigenvalue weighted by Gasteiger charge is 2.13. The zero-order valence-electron chi connectivity index (χ0n) is 7.37. The molecule has 5 heteroatoms. The van der Waals surface area contributed by atoms with E-state index in [1.165, 1.54) is 0 Å². The second-order valence-corrected chi connectivity index (χ2v) is 4.23. The third-order valence-corrected chi connectivity index (χ3v) is 2.72. The van der Waals surface area contributed by atoms with E-state index in [0.29, 0.717) is 21.5 Å². The number of aliphatic hydroxyl groups is 1. The summed E-state index contributed by atoms with van der Waals surface area (Å²) >= 11 is 8.97. The van der Waals surface area contributed by atoms with Crippen molar-refractivity contribution >= 4 is 27.5 Å². The number of aromatic hydroxyl groups is 1. The highest BCUT2D eigenvalue weighted by molar-refractivity contribution is 9.10. The molecule has 0 aromatic heterocycles. The molecule has 0 heterocycles. The van der Waals surface area contributed by atoms with Crippen LogP contribution in [0.4, 0.5) is 0 Å². The molecule has 0 bridgehead atoms. The molecule has 0 unspecified atom stereocenters. The van der Waals surface area contributed by atoms with Crippen molar-refractivity contribution < 1.29 is 10.2 Å². The summed E-state index contributed by atoms with van der Waals surface area (Å²) in [5.74, 6) is 0.0790. The molecule has 0 saturated carbocycles. The Kier molecular flexibility index (Phi) is 4.19. The number of hydrogen-bond acceptors (Lipinski definition) is 3. The molecule has 0 aliphatic carbocycles. The first kappa shape index (κ1) is 11.8. The van der Waals surface area contributed by atoms with Crippen LogP contribution >= 0.6 is 27.5 Å². The number of rotatable bonds is 3. The minimum atomic E-state index is -0.407. The smallest absolute Gasteiger partial charge is 0.134 e. The zero-order chi connectivity index (χ0) is 10.7. The van der Waals surface area contributed by atoms with Crippen molar-refractivity contribution in [2.45, 2.75) is 12.5 Å². The monoisotopic (exact) mass is 279 g/mol. The van der Waals surface area contributed by atoms with Crippen LogP contribution in [0.3, 0.4) is 0 Å². The Hall–Kier alpha value is -0.290. The maximum absolute atomic E-state index is 9.65. The van der Waals surface area contributed by atoms with Crippen LogP contribution in [0.1, 0.15) is 18.0 Å². The second-order valence-electron chi connectivity index (χ2n) is 2.94. The molecule has 0 saturated heterocycles. The lowest BCUT2D eigenvalue weighted by Gasteiger charge is -2.13. The van der Waals surface area contributed by atoms with Gasteiger partial charge in [0.05, 0.1) is 4.47 Å². The van der Waals surface area contributed by atoms with Gasteiger partial charge < -0.3 is 15.9 Å². The van der Waals surface area contributed by atoms with Gasteiger partial charge in [-0.05, 0) is 34.5 Å². The van der Waals surface area contributed by atoms with E-state index in [-0.39, 0.29) is 12.4 Å². The normalized spacial score (nSPS) is 12.9. The number of benzene rings is 1. The lowest BCUT2D eigenvalue weighted by atomic mass is 10.0. The molecule has 78 valence electrons. The summed E-state index contributed by atoms with van der Waals surface area (Å²) in [6, 6.07) is 2.78. The van der Waals surface area contributed by atoms with Crippen LogP contribution in [0, 0.1) is 0 Å². The summed E-state index contributed by atoms with van der Waals surface area (Å²) in [7, 11) is 0. The molecule has 0 amide bonds. The molecule has 1 aromatic carbocycles. The maximum Gasteiger partial charge on any atom is 0.134 e. The number of phenolic OH excluding ortho intramolecular Hbond substituents is 1. The molecule has 1 atom stereocenters. The van der Waals surface area contributed by atoms with Gasteiger partial charge in [0.2, 0.25) is 0 Å². The van der Waals surface area contributed by atoms with Crippen molar-refractivity contribution in [3.8, 4) is 5.75 Å². The lowest BCUT2D eigenvalue weighted by molar-refractivity contribution is 0.275. The van der Waals surface area contributed by atoms with Gasteiger partial charge in [-0.15, -0.1) is 0 Å². The van der Waals surface area contributed by atoms with Gasteiger partial charge in [0.1, 0.15) is 5.75 Å². The van der Waals surface area contributed by atoms with Crippen LogP contribution in [-0.2, 0) is 0 Å². The number of nitrogens with two attached hydrogens (primary N) is 1. The summed E-state index contributed by atoms with van der Waals surface area (Å²) in [5.41, 5.74) is 6.28. The van der Waals surface area contributed by atoms with Gasteiger partial charge in [-0.1, -0.05) is 11.6 Å². The van der Waals surface area contributed by atoms with Crippen molar-refractivity contribution in [1.29, 1.82) is 0 Å². The number of hydrogen-bond donors (Lipinski definition) is 3. The summed E-state index contributed by atoms with van der Waals surface area (Å²) in [6.07, 6.45) is 0.389. The van der Waals surface area contributed by atoms with Crippen LogP contribution in [0.2, 0.25) is 5.02 Å². The van der Waals surface area contributed by atoms with E-state index in [1.54, 1.807) is 12.1 Å². The van der Waals surface area contributed by atoms with E-state index < -0.39 is 6.04 Å². The Labute approximate surface area is 95.6 Å². The van der Waals surface area contributed by atoms with Crippen molar-refractivity contribution in [2.24, 2.45) is 5.73 Å². The Morgan fingerprint density at radius 1 is 1.50 bits per heavy atom. The standard InChI is InChI=1S/C9H11BrClNO2/c10-7-4-5(11)3-6(9(7)14)8(12)1-2-13/h3-4,8,13-14H,1-2,12H2/t8-/m0/s1. The molecule has 1 aromatic rings. The van der Waals surface area contributed by atoms with Crippen LogP contribution < -0.4 is 5.73 Å². The number of phenols is 1. The highest BCUT2D eigenvalue weighted by atomic mass is 79.9. The fourth-order valence-corrected chi connectivity index (χ4v) is 2.00. The largest absolute Gasteiger partial charge is 0.506 e. The molecule has 1 rings (SSSR count). The SMILES string of the molecule is N[C@@H](CCO)c1cc(Cl)cc(Br)c1O. The lowest BCUT2D eigenvalue weighted by Crippen LogP contribution is -2.12. The first-order valence-corrected chi connectivity index (χ1v) is 5.27. The van der Waals surface area contributed by atoms with Gasteiger partial charge in [-0.3, -0.25) is 0 Å². The molecule has 0 spiro atoms. The van der Waals surface area contributed by atoms with Crippen LogP contribution in [0.15, 0.2) is 16.6 Å². The van der Waals surface area contributed by atoms with Gasteiger partial charge in [-0.2, -0.15) is 0 Å². The van der Waals surface area contributed by atoms with E-state index in [0.717, 1.165) is 0 Å². The summed E-state index contributed by atoms with van der Waals surface area (Å²) in [5, 5.41) is 18.9. The van der Waals surface area contributed by atoms with Gasteiger partial charge in [-0.25, -0.2) is 0 Å². The Morgan fingerprint density at radius 3 is 2.71 bits per heavy atom. The van der Waals surface area contributed by atoms with Crippen molar-refractivity contribution in [2.75, 3.05) is 6.61 Å². The fourth-order valence-electron chi connectivity index (χ4n) is 1.16. The molecule has 0 aliphatic rings. The van der Waals surface area contributed by atoms with E-state index in [1.807, 2.05) is 0 Å². The molecular weight excluding hydrogens is 269 g/mol. The number of halogens is 2. The average Bonchev–Trinajstić information content (AvgIpc) is 2.11. The Balaban J connectivity index is 3.07. The molecule has 14 heavy (non-hydrogen) atoms. The van der Waals surface area contributed by atoms with E-state index in [9.17, 15) is 5.11 Å². The van der Waals surface area contributed by atoms with Crippen LogP contribution in [-0.4, -0.2) is 16.8 Å². The third-order valence-electron chi connectivity index (χ3n) is 1.90. The van der Waals surface area contributed by atoms with Gasteiger partial charge >= 0.3 is 0 Å². The second kappa shape index (κ2) is 4.98. The molecule has 0 fully saturated rings. The fraction of sp³-hybridized carbons (Fsp3) is 0.333. The summed E-state index contributed by atoms with van der Waals surface area (Å²) < 4.78 is 0.508. The molecule has 0 aliphatic heterocycles. The third kappa shape index (κ3) is 2.60. The quantitative estimate of drug-likeness (QED) is 0.795. The van der Waals surface area contributed by atoms with Crippen molar-refractivity contribution in [3.05, 3.63) is 27.2 Å². The van der Waals surface area contributed by atoms with Crippen molar-refractivity contribution in [1.82, 2.24) is 0 Å². The van der Waals surface area contributed by atoms with E-state index in [4.69, 9.17) is 22.4 Å². The summed E-state index contributed by atoms with van der Waals surface area (Å²) in [4.78, 5) is 0. The van der Waals surface area contributed by atoms with Crippen LogP contribution in [0.5, 0.6) is 5.75 Å². The Morgan fingerprint density at radius 2 is 2.14 bits per heavy atom. The van der Waals surface area contributed by atoms with Crippen molar-refractivity contribution in [3.63, 3.8) is 0 Å². The predicted molar refractivity (Wildman–Crippen MR) is 59.4 cm³/mol. The predicted octanol–water partition coefficient (Wildman–Crippen LogP) is 2.19. The number of aliphatic hydroxyl groups excluding tert-OH is 1. The summed E-state index contributed by atoms with van der Waals surface area (Å²) in [6.45, 7) is -0.0231. The molecule has 0 radical (unpaired) electrons. The first-order chi connectivity index (χ1) is 6.56. The van der Waals surface area contributed by atoms with Crippen LogP contribution in [0.25, 0.3) is 0 Å². The maximum atomic E-state index is 9.65. The molecule has 4 N–H and O–H groups in total. The van der Waals surface area contributed by atoms with Gasteiger partial charge in [0, 0.05) is 23.2 Å². The highest BCUT2D eigenvalue weighted by Crippen LogP contribution is 2.35. The molecule has 3 nitrogen and oxygen atoms in total. The minimum absolute atomic E-state index is 0.0231.